The first-order valence-electron chi connectivity index (χ1n) is 13.9. The van der Waals surface area contributed by atoms with Crippen molar-refractivity contribution in [3.8, 4) is 23.1 Å². The highest BCUT2D eigenvalue weighted by atomic mass is 16.5. The van der Waals surface area contributed by atoms with Crippen molar-refractivity contribution in [1.29, 1.82) is 5.26 Å². The number of pyridine rings is 3. The number of aliphatic hydroxyl groups excluding tert-OH is 1. The molecule has 10 heteroatoms. The molecule has 0 aromatic carbocycles. The number of fused-ring (bicyclic) bond motifs is 3. The Balaban J connectivity index is 1.18. The smallest absolute Gasteiger partial charge is 0.212 e. The highest BCUT2D eigenvalue weighted by molar-refractivity contribution is 5.86. The molecule has 2 N–H and O–H groups in total. The predicted octanol–water partition coefficient (Wildman–Crippen LogP) is 3.71. The SMILES string of the molecule is CCC[C@H](O)CNc1cc(-c2ccc(N3CC4CC(C3)N4Cc3ccc(OC)nc3)nc2)c2c(C#N)cnn2c1. The maximum Gasteiger partial charge on any atom is 0.212 e. The topological polar surface area (TPSA) is 115 Å². The molecular weight excluding hydrogens is 504 g/mol. The monoisotopic (exact) mass is 538 g/mol. The Morgan fingerprint density at radius 2 is 2.00 bits per heavy atom. The standard InChI is InChI=1S/C30H34N8O2/c1-3-4-26(39)15-32-23-9-27(30-22(11-31)14-35-38(30)17-23)21-6-7-28(33-13-21)36-18-24-10-25(19-36)37(24)16-20-5-8-29(40-2)34-12-20/h5-9,12-14,17,24-26,32,39H,3-4,10,15-16,18-19H2,1-2H3/t24?,25?,26-/m0/s1. The van der Waals surface area contributed by atoms with Crippen molar-refractivity contribution in [3.05, 3.63) is 66.2 Å². The van der Waals surface area contributed by atoms with Crippen LogP contribution in [0.5, 0.6) is 5.88 Å². The van der Waals surface area contributed by atoms with Gasteiger partial charge in [-0.1, -0.05) is 19.4 Å². The summed E-state index contributed by atoms with van der Waals surface area (Å²) in [7, 11) is 1.63. The maximum atomic E-state index is 10.2. The summed E-state index contributed by atoms with van der Waals surface area (Å²) in [5, 5.41) is 27.6. The number of ether oxygens (including phenoxy) is 1. The number of hydrogen-bond donors (Lipinski definition) is 2. The number of nitriles is 1. The zero-order valence-electron chi connectivity index (χ0n) is 22.9. The minimum atomic E-state index is -0.419. The third kappa shape index (κ3) is 5.06. The molecule has 2 unspecified atom stereocenters. The first-order valence-corrected chi connectivity index (χ1v) is 13.9. The van der Waals surface area contributed by atoms with Crippen LogP contribution in [-0.2, 0) is 6.54 Å². The number of piperazine rings is 1. The molecule has 3 aliphatic heterocycles. The van der Waals surface area contributed by atoms with Gasteiger partial charge in [-0.2, -0.15) is 10.4 Å². The molecule has 206 valence electrons. The molecule has 3 atom stereocenters. The van der Waals surface area contributed by atoms with Crippen LogP contribution in [0.15, 0.2) is 55.1 Å². The summed E-state index contributed by atoms with van der Waals surface area (Å²) < 4.78 is 6.91. The van der Waals surface area contributed by atoms with Crippen LogP contribution >= 0.6 is 0 Å². The minimum absolute atomic E-state index is 0.419. The van der Waals surface area contributed by atoms with E-state index in [1.165, 1.54) is 12.0 Å². The van der Waals surface area contributed by atoms with Crippen molar-refractivity contribution >= 4 is 17.0 Å². The summed E-state index contributed by atoms with van der Waals surface area (Å²) in [5.74, 6) is 1.60. The van der Waals surface area contributed by atoms with Gasteiger partial charge in [-0.25, -0.2) is 14.5 Å². The van der Waals surface area contributed by atoms with Crippen LogP contribution in [0, 0.1) is 11.3 Å². The zero-order chi connectivity index (χ0) is 27.6. The van der Waals surface area contributed by atoms with E-state index < -0.39 is 6.10 Å². The van der Waals surface area contributed by atoms with Gasteiger partial charge in [0.2, 0.25) is 5.88 Å². The molecule has 0 radical (unpaired) electrons. The van der Waals surface area contributed by atoms with Crippen molar-refractivity contribution in [1.82, 2.24) is 24.5 Å². The molecule has 0 aliphatic carbocycles. The van der Waals surface area contributed by atoms with E-state index in [0.29, 0.717) is 30.1 Å². The molecule has 0 amide bonds. The van der Waals surface area contributed by atoms with Gasteiger partial charge < -0.3 is 20.1 Å². The quantitative estimate of drug-likeness (QED) is 0.312. The highest BCUT2D eigenvalue weighted by Crippen LogP contribution is 2.36. The second kappa shape index (κ2) is 11.1. The molecule has 0 saturated carbocycles. The Bertz CT molecular complexity index is 1500. The first kappa shape index (κ1) is 26.0. The van der Waals surface area contributed by atoms with Gasteiger partial charge in [-0.3, -0.25) is 4.90 Å². The minimum Gasteiger partial charge on any atom is -0.481 e. The van der Waals surface area contributed by atoms with E-state index in [9.17, 15) is 10.4 Å². The number of nitrogens with one attached hydrogen (secondary N) is 1. The lowest BCUT2D eigenvalue weighted by Crippen LogP contribution is -2.68. The lowest BCUT2D eigenvalue weighted by Gasteiger charge is -2.56. The van der Waals surface area contributed by atoms with Crippen molar-refractivity contribution in [2.45, 2.75) is 50.9 Å². The molecule has 7 heterocycles. The van der Waals surface area contributed by atoms with Gasteiger partial charge in [0.1, 0.15) is 11.9 Å². The normalized spacial score (nSPS) is 19.2. The molecule has 3 aliphatic rings. The Hall–Kier alpha value is -4.20. The Labute approximate surface area is 233 Å². The number of piperidine rings is 1. The van der Waals surface area contributed by atoms with E-state index in [2.05, 4.69) is 56.4 Å². The van der Waals surface area contributed by atoms with Crippen LogP contribution in [0.4, 0.5) is 11.5 Å². The van der Waals surface area contributed by atoms with Crippen LogP contribution in [0.2, 0.25) is 0 Å². The Kier molecular flexibility index (Phi) is 7.24. The van der Waals surface area contributed by atoms with Gasteiger partial charge in [-0.05, 0) is 36.6 Å². The average Bonchev–Trinajstić information content (AvgIpc) is 3.42. The molecule has 10 nitrogen and oxygen atoms in total. The number of aliphatic hydroxyl groups is 1. The number of aromatic nitrogens is 4. The van der Waals surface area contributed by atoms with Gasteiger partial charge in [0.15, 0.2) is 0 Å². The molecule has 3 fully saturated rings. The third-order valence-corrected chi connectivity index (χ3v) is 8.00. The van der Waals surface area contributed by atoms with Crippen LogP contribution < -0.4 is 15.0 Å². The van der Waals surface area contributed by atoms with Gasteiger partial charge in [0.25, 0.3) is 0 Å². The largest absolute Gasteiger partial charge is 0.481 e. The van der Waals surface area contributed by atoms with Crippen LogP contribution in [0.1, 0.15) is 37.3 Å². The molecule has 40 heavy (non-hydrogen) atoms. The van der Waals surface area contributed by atoms with Crippen molar-refractivity contribution < 1.29 is 9.84 Å². The van der Waals surface area contributed by atoms with E-state index in [4.69, 9.17) is 9.72 Å². The first-order chi connectivity index (χ1) is 19.6. The predicted molar refractivity (Wildman–Crippen MR) is 153 cm³/mol. The molecule has 7 rings (SSSR count). The van der Waals surface area contributed by atoms with E-state index in [-0.39, 0.29) is 0 Å². The fraction of sp³-hybridized carbons (Fsp3) is 0.400. The molecule has 4 aromatic heterocycles. The molecule has 4 aromatic rings. The van der Waals surface area contributed by atoms with E-state index in [0.717, 1.165) is 60.6 Å². The second-order valence-electron chi connectivity index (χ2n) is 10.7. The van der Waals surface area contributed by atoms with Crippen molar-refractivity contribution in [2.75, 3.05) is 37.0 Å². The summed E-state index contributed by atoms with van der Waals surface area (Å²) in [6, 6.07) is 13.4. The number of methoxy groups -OCH3 is 1. The summed E-state index contributed by atoms with van der Waals surface area (Å²) in [5.41, 5.74) is 5.09. The third-order valence-electron chi connectivity index (χ3n) is 8.00. The van der Waals surface area contributed by atoms with Gasteiger partial charge >= 0.3 is 0 Å². The molecule has 3 saturated heterocycles. The highest BCUT2D eigenvalue weighted by Gasteiger charge is 2.44. The van der Waals surface area contributed by atoms with Gasteiger partial charge in [0.05, 0.1) is 42.4 Å². The summed E-state index contributed by atoms with van der Waals surface area (Å²) in [6.45, 7) is 5.29. The lowest BCUT2D eigenvalue weighted by atomic mass is 9.87. The number of nitrogens with zero attached hydrogens (tertiary/aromatic N) is 7. The van der Waals surface area contributed by atoms with Gasteiger partial charge in [-0.15, -0.1) is 0 Å². The fourth-order valence-electron chi connectivity index (χ4n) is 5.89. The van der Waals surface area contributed by atoms with E-state index in [1.807, 2.05) is 30.7 Å². The summed E-state index contributed by atoms with van der Waals surface area (Å²) >= 11 is 0. The van der Waals surface area contributed by atoms with E-state index >= 15 is 0 Å². The summed E-state index contributed by atoms with van der Waals surface area (Å²) in [6.07, 6.45) is 9.68. The fourth-order valence-corrected chi connectivity index (χ4v) is 5.89. The summed E-state index contributed by atoms with van der Waals surface area (Å²) in [4.78, 5) is 14.1. The number of hydrogen-bond acceptors (Lipinski definition) is 9. The lowest BCUT2D eigenvalue weighted by molar-refractivity contribution is -0.00876. The average molecular weight is 539 g/mol. The van der Waals surface area contributed by atoms with E-state index in [1.54, 1.807) is 17.8 Å². The Morgan fingerprint density at radius 1 is 1.15 bits per heavy atom. The molecule has 0 spiro atoms. The maximum absolute atomic E-state index is 10.2. The second-order valence-corrected chi connectivity index (χ2v) is 10.7. The van der Waals surface area contributed by atoms with Gasteiger partial charge in [0, 0.05) is 67.8 Å². The molecular formula is C30H34N8O2. The van der Waals surface area contributed by atoms with Crippen molar-refractivity contribution in [2.24, 2.45) is 0 Å². The number of anilines is 2. The van der Waals surface area contributed by atoms with Crippen molar-refractivity contribution in [3.63, 3.8) is 0 Å². The van der Waals surface area contributed by atoms with Crippen LogP contribution in [0.25, 0.3) is 16.6 Å². The van der Waals surface area contributed by atoms with Crippen LogP contribution in [0.3, 0.4) is 0 Å². The number of rotatable bonds is 10. The Morgan fingerprint density at radius 3 is 2.67 bits per heavy atom. The zero-order valence-corrected chi connectivity index (χ0v) is 22.9. The van der Waals surface area contributed by atoms with Crippen LogP contribution in [-0.4, -0.2) is 74.5 Å². The molecule has 2 bridgehead atoms.